The van der Waals surface area contributed by atoms with E-state index in [4.69, 9.17) is 18.5 Å². The lowest BCUT2D eigenvalue weighted by Gasteiger charge is -2.28. The molecule has 0 rings (SSSR count). The van der Waals surface area contributed by atoms with Crippen LogP contribution in [0.4, 0.5) is 0 Å². The van der Waals surface area contributed by atoms with Crippen LogP contribution in [0, 0.1) is 0 Å². The highest BCUT2D eigenvalue weighted by Gasteiger charge is 2.22. The molecule has 2 atom stereocenters. The van der Waals surface area contributed by atoms with Gasteiger partial charge in [-0.15, -0.1) is 0 Å². The number of hydrogen-bond donors (Lipinski definition) is 0. The lowest BCUT2D eigenvalue weighted by atomic mass is 10.0. The average Bonchev–Trinajstić information content (AvgIpc) is 3.49. The van der Waals surface area contributed by atoms with Crippen LogP contribution in [0.5, 0.6) is 0 Å². The van der Waals surface area contributed by atoms with Crippen LogP contribution in [0.2, 0.25) is 0 Å². The van der Waals surface area contributed by atoms with Crippen LogP contribution in [0.15, 0.2) is 12.2 Å². The second kappa shape index (κ2) is 67.2. The van der Waals surface area contributed by atoms with Crippen LogP contribution in [-0.2, 0) is 32.7 Å². The fourth-order valence-corrected chi connectivity index (χ4v) is 12.4. The highest BCUT2D eigenvalue weighted by Crippen LogP contribution is 2.38. The van der Waals surface area contributed by atoms with Crippen molar-refractivity contribution in [3.05, 3.63) is 12.2 Å². The summed E-state index contributed by atoms with van der Waals surface area (Å²) in [7, 11) is 1.19. The molecule has 0 aromatic heterocycles. The summed E-state index contributed by atoms with van der Waals surface area (Å²) in [5.74, 6) is -0.811. The van der Waals surface area contributed by atoms with Crippen molar-refractivity contribution in [2.45, 2.75) is 412 Å². The third-order valence-corrected chi connectivity index (χ3v) is 18.5. The molecule has 0 heterocycles. The lowest BCUT2D eigenvalue weighted by Crippen LogP contribution is -2.37. The van der Waals surface area contributed by atoms with E-state index in [2.05, 4.69) is 26.0 Å². The fraction of sp³-hybridized carbons (Fsp3) is 0.947. The fourth-order valence-electron chi connectivity index (χ4n) is 11.7. The van der Waals surface area contributed by atoms with Crippen LogP contribution in [0.25, 0.3) is 0 Å². The standard InChI is InChI=1S/C75H148NO8P/c1-6-8-10-12-14-16-18-20-22-24-26-28-29-30-31-32-33-34-35-36-37-38-39-40-41-42-43-44-45-46-48-49-51-53-55-57-59-61-63-65-67-74(77)81-71-73(72-83-85(79,80)82-70-69-76(3,4)5)84-75(78)68-66-64-62-60-58-56-54-52-50-47-27-25-23-21-19-17-15-13-11-9-7-2/h25,27,73H,6-24,26,28-72H2,1-5H3/b27-25-. The van der Waals surface area contributed by atoms with E-state index in [-0.39, 0.29) is 32.0 Å². The normalized spacial score (nSPS) is 13.1. The van der Waals surface area contributed by atoms with Crippen molar-refractivity contribution in [2.75, 3.05) is 47.5 Å². The number of esters is 2. The highest BCUT2D eigenvalue weighted by atomic mass is 31.2. The molecule has 0 bridgehead atoms. The molecule has 0 saturated heterocycles. The minimum atomic E-state index is -4.64. The van der Waals surface area contributed by atoms with E-state index in [1.807, 2.05) is 21.1 Å². The summed E-state index contributed by atoms with van der Waals surface area (Å²) < 4.78 is 34.3. The predicted molar refractivity (Wildman–Crippen MR) is 365 cm³/mol. The topological polar surface area (TPSA) is 111 Å². The summed E-state index contributed by atoms with van der Waals surface area (Å²) in [6.45, 7) is 4.32. The molecule has 0 aromatic rings. The highest BCUT2D eigenvalue weighted by molar-refractivity contribution is 7.45. The second-order valence-corrected chi connectivity index (χ2v) is 28.8. The zero-order valence-electron chi connectivity index (χ0n) is 57.9. The molecular formula is C75H148NO8P. The molecule has 0 amide bonds. The molecule has 0 fully saturated rings. The van der Waals surface area contributed by atoms with E-state index in [1.54, 1.807) is 0 Å². The van der Waals surface area contributed by atoms with Crippen molar-refractivity contribution in [2.24, 2.45) is 0 Å². The molecule has 0 aliphatic heterocycles. The number of phosphoric ester groups is 1. The molecule has 0 spiro atoms. The van der Waals surface area contributed by atoms with Crippen molar-refractivity contribution in [1.29, 1.82) is 0 Å². The van der Waals surface area contributed by atoms with E-state index in [9.17, 15) is 19.0 Å². The maximum Gasteiger partial charge on any atom is 0.306 e. The van der Waals surface area contributed by atoms with Crippen molar-refractivity contribution >= 4 is 19.8 Å². The molecule has 0 aliphatic carbocycles. The molecule has 0 aromatic carbocycles. The first kappa shape index (κ1) is 83.8. The van der Waals surface area contributed by atoms with Gasteiger partial charge >= 0.3 is 11.9 Å². The first-order valence-electron chi connectivity index (χ1n) is 37.9. The Hall–Kier alpha value is -1.25. The molecule has 85 heavy (non-hydrogen) atoms. The molecular weight excluding hydrogens is 1070 g/mol. The van der Waals surface area contributed by atoms with Crippen LogP contribution in [0.1, 0.15) is 406 Å². The molecule has 0 radical (unpaired) electrons. The summed E-state index contributed by atoms with van der Waals surface area (Å²) in [5.41, 5.74) is 0. The van der Waals surface area contributed by atoms with Crippen LogP contribution < -0.4 is 4.89 Å². The van der Waals surface area contributed by atoms with Crippen LogP contribution >= 0.6 is 7.82 Å². The molecule has 0 aliphatic rings. The van der Waals surface area contributed by atoms with Crippen LogP contribution in [-0.4, -0.2) is 70.0 Å². The number of rotatable bonds is 72. The summed E-state index contributed by atoms with van der Waals surface area (Å²) in [6, 6.07) is 0. The number of unbranched alkanes of at least 4 members (excludes halogenated alkanes) is 56. The molecule has 2 unspecified atom stereocenters. The number of carbonyl (C=O) groups is 2. The van der Waals surface area contributed by atoms with Crippen molar-refractivity contribution in [3.63, 3.8) is 0 Å². The predicted octanol–water partition coefficient (Wildman–Crippen LogP) is 24.0. The zero-order chi connectivity index (χ0) is 61.9. The maximum atomic E-state index is 12.8. The third-order valence-electron chi connectivity index (χ3n) is 17.5. The monoisotopic (exact) mass is 1220 g/mol. The van der Waals surface area contributed by atoms with Gasteiger partial charge in [-0.2, -0.15) is 0 Å². The smallest absolute Gasteiger partial charge is 0.306 e. The van der Waals surface area contributed by atoms with Gasteiger partial charge in [-0.3, -0.25) is 14.2 Å². The van der Waals surface area contributed by atoms with E-state index in [1.165, 1.54) is 334 Å². The second-order valence-electron chi connectivity index (χ2n) is 27.4. The molecule has 10 heteroatoms. The van der Waals surface area contributed by atoms with Crippen molar-refractivity contribution in [3.8, 4) is 0 Å². The minimum Gasteiger partial charge on any atom is -0.756 e. The van der Waals surface area contributed by atoms with Crippen molar-refractivity contribution < 1.29 is 42.1 Å². The van der Waals surface area contributed by atoms with Gasteiger partial charge < -0.3 is 27.9 Å². The van der Waals surface area contributed by atoms with Gasteiger partial charge in [0.1, 0.15) is 19.8 Å². The largest absolute Gasteiger partial charge is 0.756 e. The number of hydrogen-bond acceptors (Lipinski definition) is 8. The number of nitrogens with zero attached hydrogens (tertiary/aromatic N) is 1. The lowest BCUT2D eigenvalue weighted by molar-refractivity contribution is -0.870. The van der Waals surface area contributed by atoms with Gasteiger partial charge in [0, 0.05) is 12.8 Å². The Labute approximate surface area is 530 Å². The van der Waals surface area contributed by atoms with E-state index < -0.39 is 26.5 Å². The molecule has 0 saturated carbocycles. The van der Waals surface area contributed by atoms with E-state index >= 15 is 0 Å². The van der Waals surface area contributed by atoms with E-state index in [0.29, 0.717) is 17.4 Å². The molecule has 506 valence electrons. The summed E-state index contributed by atoms with van der Waals surface area (Å²) in [4.78, 5) is 38.1. The Bertz CT molecular complexity index is 1440. The maximum absolute atomic E-state index is 12.8. The van der Waals surface area contributed by atoms with Crippen LogP contribution in [0.3, 0.4) is 0 Å². The third kappa shape index (κ3) is 71.7. The number of carbonyl (C=O) groups excluding carboxylic acids is 2. The Kier molecular flexibility index (Phi) is 66.2. The number of allylic oxidation sites excluding steroid dienone is 2. The van der Waals surface area contributed by atoms with Gasteiger partial charge in [0.2, 0.25) is 0 Å². The average molecular weight is 1220 g/mol. The first-order chi connectivity index (χ1) is 41.5. The number of phosphoric acid groups is 1. The van der Waals surface area contributed by atoms with Gasteiger partial charge in [0.15, 0.2) is 6.10 Å². The number of quaternary nitrogens is 1. The Morgan fingerprint density at radius 1 is 0.353 bits per heavy atom. The van der Waals surface area contributed by atoms with Gasteiger partial charge in [-0.05, 0) is 38.5 Å². The van der Waals surface area contributed by atoms with Gasteiger partial charge in [-0.25, -0.2) is 0 Å². The van der Waals surface area contributed by atoms with Gasteiger partial charge in [0.05, 0.1) is 27.7 Å². The molecule has 9 nitrogen and oxygen atoms in total. The first-order valence-corrected chi connectivity index (χ1v) is 39.4. The molecule has 0 N–H and O–H groups in total. The summed E-state index contributed by atoms with van der Waals surface area (Å²) in [6.07, 6.45) is 83.4. The zero-order valence-corrected chi connectivity index (χ0v) is 58.7. The summed E-state index contributed by atoms with van der Waals surface area (Å²) >= 11 is 0. The van der Waals surface area contributed by atoms with Gasteiger partial charge in [0.25, 0.3) is 7.82 Å². The number of likely N-dealkylation sites (N-methyl/N-ethyl adjacent to an activating group) is 1. The Morgan fingerprint density at radius 3 is 0.871 bits per heavy atom. The Morgan fingerprint density at radius 2 is 0.600 bits per heavy atom. The van der Waals surface area contributed by atoms with Crippen molar-refractivity contribution in [1.82, 2.24) is 0 Å². The van der Waals surface area contributed by atoms with E-state index in [0.717, 1.165) is 38.5 Å². The SMILES string of the molecule is CCCCCCCCCC/C=C\CCCCCCCCCCCC(=O)OC(COC(=O)CCCCCCCCCCCCCCCCCCCCCCCCCCCCCCCCCCCCCCCCCC)COP(=O)([O-])OCC[N+](C)(C)C. The van der Waals surface area contributed by atoms with Gasteiger partial charge in [-0.1, -0.05) is 366 Å². The quantitative estimate of drug-likeness (QED) is 0.0195. The minimum absolute atomic E-state index is 0.0272. The summed E-state index contributed by atoms with van der Waals surface area (Å²) in [5, 5.41) is 0. The number of ether oxygens (including phenoxy) is 2. The Balaban J connectivity index is 3.85.